The second-order valence-corrected chi connectivity index (χ2v) is 6.87. The van der Waals surface area contributed by atoms with Gasteiger partial charge in [-0.15, -0.1) is 0 Å². The predicted octanol–water partition coefficient (Wildman–Crippen LogP) is 0.724. The summed E-state index contributed by atoms with van der Waals surface area (Å²) in [7, 11) is -1.37. The normalized spacial score (nSPS) is 12.2. The number of hydrogen-bond donors (Lipinski definition) is 3. The van der Waals surface area contributed by atoms with E-state index in [1.54, 1.807) is 7.05 Å². The second-order valence-electron chi connectivity index (χ2n) is 5.03. The van der Waals surface area contributed by atoms with E-state index in [2.05, 4.69) is 32.5 Å². The summed E-state index contributed by atoms with van der Waals surface area (Å²) < 4.78 is 24.3. The number of rotatable bonds is 9. The first kappa shape index (κ1) is 18.4. The molecule has 0 aliphatic rings. The molecule has 0 atom stereocenters. The van der Waals surface area contributed by atoms with E-state index >= 15 is 0 Å². The smallest absolute Gasteiger partial charge is 0.208 e. The first-order valence-corrected chi connectivity index (χ1v) is 9.33. The molecule has 0 aliphatic carbocycles. The highest BCUT2D eigenvalue weighted by atomic mass is 32.2. The Morgan fingerprint density at radius 3 is 2.27 bits per heavy atom. The molecular weight excluding hydrogens is 300 g/mol. The highest BCUT2D eigenvalue weighted by Gasteiger charge is 2.00. The Balaban J connectivity index is 2.10. The van der Waals surface area contributed by atoms with Crippen LogP contribution in [0.3, 0.4) is 0 Å². The molecule has 0 heterocycles. The van der Waals surface area contributed by atoms with Gasteiger partial charge >= 0.3 is 0 Å². The summed E-state index contributed by atoms with van der Waals surface area (Å²) in [5.74, 6) is 0.743. The maximum absolute atomic E-state index is 10.9. The molecule has 1 aromatic rings. The number of hydrogen-bond acceptors (Lipinski definition) is 3. The lowest BCUT2D eigenvalue weighted by molar-refractivity contribution is 0.584. The van der Waals surface area contributed by atoms with Crippen molar-refractivity contribution < 1.29 is 8.42 Å². The van der Waals surface area contributed by atoms with Gasteiger partial charge in [0, 0.05) is 26.7 Å². The van der Waals surface area contributed by atoms with Crippen LogP contribution in [0.5, 0.6) is 0 Å². The lowest BCUT2D eigenvalue weighted by Gasteiger charge is -2.11. The van der Waals surface area contributed by atoms with E-state index in [1.165, 1.54) is 5.56 Å². The van der Waals surface area contributed by atoms with Gasteiger partial charge in [0.15, 0.2) is 5.96 Å². The first-order valence-electron chi connectivity index (χ1n) is 7.44. The zero-order valence-corrected chi connectivity index (χ0v) is 14.1. The Labute approximate surface area is 133 Å². The highest BCUT2D eigenvalue weighted by Crippen LogP contribution is 2.01. The van der Waals surface area contributed by atoms with Gasteiger partial charge in [-0.2, -0.15) is 0 Å². The number of aryl methyl sites for hydroxylation is 1. The number of nitrogens with zero attached hydrogens (tertiary/aromatic N) is 1. The fourth-order valence-electron chi connectivity index (χ4n) is 1.92. The third kappa shape index (κ3) is 9.36. The lowest BCUT2D eigenvalue weighted by atomic mass is 10.1. The number of sulfonamides is 1. The molecule has 0 saturated heterocycles. The maximum atomic E-state index is 10.9. The zero-order valence-electron chi connectivity index (χ0n) is 13.3. The first-order chi connectivity index (χ1) is 10.5. The monoisotopic (exact) mass is 326 g/mol. The minimum absolute atomic E-state index is 0.427. The van der Waals surface area contributed by atoms with Crippen LogP contribution in [0.25, 0.3) is 0 Å². The van der Waals surface area contributed by atoms with E-state index in [0.717, 1.165) is 31.6 Å². The Morgan fingerprint density at radius 2 is 1.68 bits per heavy atom. The molecule has 22 heavy (non-hydrogen) atoms. The van der Waals surface area contributed by atoms with Crippen molar-refractivity contribution in [1.29, 1.82) is 0 Å². The number of aliphatic imine (C=N–C) groups is 1. The van der Waals surface area contributed by atoms with Gasteiger partial charge in [-0.3, -0.25) is 4.99 Å². The van der Waals surface area contributed by atoms with Crippen molar-refractivity contribution in [3.8, 4) is 0 Å². The van der Waals surface area contributed by atoms with Crippen LogP contribution < -0.4 is 15.4 Å². The van der Waals surface area contributed by atoms with Crippen LogP contribution in [-0.2, 0) is 16.4 Å². The van der Waals surface area contributed by atoms with E-state index in [-0.39, 0.29) is 0 Å². The van der Waals surface area contributed by atoms with Crippen LogP contribution in [0.4, 0.5) is 0 Å². The SMILES string of the molecule is CN=C(NCCCNS(C)(=O)=O)NCCCc1ccccc1. The molecule has 3 N–H and O–H groups in total. The molecule has 0 fully saturated rings. The van der Waals surface area contributed by atoms with Gasteiger partial charge in [-0.1, -0.05) is 30.3 Å². The van der Waals surface area contributed by atoms with Crippen LogP contribution in [0.2, 0.25) is 0 Å². The van der Waals surface area contributed by atoms with E-state index in [1.807, 2.05) is 18.2 Å². The van der Waals surface area contributed by atoms with E-state index in [9.17, 15) is 8.42 Å². The molecule has 7 heteroatoms. The molecule has 0 amide bonds. The highest BCUT2D eigenvalue weighted by molar-refractivity contribution is 7.88. The molecule has 6 nitrogen and oxygen atoms in total. The standard InChI is InChI=1S/C15H26N4O2S/c1-16-15(18-12-7-13-19-22(2,20)21)17-11-6-10-14-8-4-3-5-9-14/h3-5,8-9,19H,6-7,10-13H2,1-2H3,(H2,16,17,18). The van der Waals surface area contributed by atoms with Gasteiger partial charge in [0.2, 0.25) is 10.0 Å². The van der Waals surface area contributed by atoms with E-state index in [0.29, 0.717) is 19.5 Å². The summed E-state index contributed by atoms with van der Waals surface area (Å²) in [6.07, 6.45) is 3.93. The van der Waals surface area contributed by atoms with Crippen LogP contribution in [0, 0.1) is 0 Å². The Kier molecular flexibility index (Phi) is 8.54. The molecule has 0 unspecified atom stereocenters. The van der Waals surface area contributed by atoms with Crippen LogP contribution in [-0.4, -0.2) is 47.3 Å². The molecule has 0 saturated carbocycles. The largest absolute Gasteiger partial charge is 0.356 e. The Hall–Kier alpha value is -1.60. The Bertz CT molecular complexity index is 544. The van der Waals surface area contributed by atoms with Crippen molar-refractivity contribution in [2.45, 2.75) is 19.3 Å². The summed E-state index contributed by atoms with van der Waals surface area (Å²) in [6, 6.07) is 10.4. The molecule has 0 radical (unpaired) electrons. The summed E-state index contributed by atoms with van der Waals surface area (Å²) in [5.41, 5.74) is 1.33. The predicted molar refractivity (Wildman–Crippen MR) is 91.6 cm³/mol. The fourth-order valence-corrected chi connectivity index (χ4v) is 2.43. The van der Waals surface area contributed by atoms with Gasteiger partial charge in [-0.05, 0) is 24.8 Å². The van der Waals surface area contributed by atoms with E-state index < -0.39 is 10.0 Å². The minimum Gasteiger partial charge on any atom is -0.356 e. The summed E-state index contributed by atoms with van der Waals surface area (Å²) in [5, 5.41) is 6.41. The van der Waals surface area contributed by atoms with Gasteiger partial charge in [0.25, 0.3) is 0 Å². The number of nitrogens with one attached hydrogen (secondary N) is 3. The van der Waals surface area contributed by atoms with Crippen molar-refractivity contribution >= 4 is 16.0 Å². The van der Waals surface area contributed by atoms with Gasteiger partial charge in [0.05, 0.1) is 6.26 Å². The molecule has 1 rings (SSSR count). The molecule has 0 spiro atoms. The van der Waals surface area contributed by atoms with Crippen LogP contribution in [0.15, 0.2) is 35.3 Å². The lowest BCUT2D eigenvalue weighted by Crippen LogP contribution is -2.39. The molecule has 1 aromatic carbocycles. The zero-order chi connectivity index (χ0) is 16.3. The molecule has 0 aromatic heterocycles. The average Bonchev–Trinajstić information content (AvgIpc) is 2.49. The Morgan fingerprint density at radius 1 is 1.05 bits per heavy atom. The average molecular weight is 326 g/mol. The quantitative estimate of drug-likeness (QED) is 0.355. The topological polar surface area (TPSA) is 82.6 Å². The van der Waals surface area contributed by atoms with Gasteiger partial charge in [0.1, 0.15) is 0 Å². The maximum Gasteiger partial charge on any atom is 0.208 e. The van der Waals surface area contributed by atoms with Gasteiger partial charge < -0.3 is 10.6 Å². The molecule has 0 aliphatic heterocycles. The van der Waals surface area contributed by atoms with Crippen molar-refractivity contribution in [1.82, 2.24) is 15.4 Å². The van der Waals surface area contributed by atoms with Crippen molar-refractivity contribution in [2.24, 2.45) is 4.99 Å². The van der Waals surface area contributed by atoms with Crippen LogP contribution in [0.1, 0.15) is 18.4 Å². The summed E-state index contributed by atoms with van der Waals surface area (Å²) in [4.78, 5) is 4.13. The van der Waals surface area contributed by atoms with Crippen molar-refractivity contribution in [3.05, 3.63) is 35.9 Å². The minimum atomic E-state index is -3.10. The molecule has 124 valence electrons. The molecular formula is C15H26N4O2S. The van der Waals surface area contributed by atoms with Gasteiger partial charge in [-0.25, -0.2) is 13.1 Å². The second kappa shape index (κ2) is 10.2. The third-order valence-corrected chi connectivity index (χ3v) is 3.74. The van der Waals surface area contributed by atoms with E-state index in [4.69, 9.17) is 0 Å². The van der Waals surface area contributed by atoms with Crippen molar-refractivity contribution in [3.63, 3.8) is 0 Å². The number of guanidine groups is 1. The van der Waals surface area contributed by atoms with Crippen LogP contribution >= 0.6 is 0 Å². The number of benzene rings is 1. The summed E-state index contributed by atoms with van der Waals surface area (Å²) >= 11 is 0. The third-order valence-electron chi connectivity index (χ3n) is 3.01. The summed E-state index contributed by atoms with van der Waals surface area (Å²) in [6.45, 7) is 1.94. The van der Waals surface area contributed by atoms with Crippen molar-refractivity contribution in [2.75, 3.05) is 32.9 Å². The molecule has 0 bridgehead atoms. The fraction of sp³-hybridized carbons (Fsp3) is 0.533.